The van der Waals surface area contributed by atoms with Gasteiger partial charge in [0.2, 0.25) is 5.91 Å². The lowest BCUT2D eigenvalue weighted by atomic mass is 10.1. The van der Waals surface area contributed by atoms with E-state index in [1.165, 1.54) is 23.0 Å². The van der Waals surface area contributed by atoms with Gasteiger partial charge in [-0.2, -0.15) is 18.3 Å². The number of fused-ring (bicyclic) bond motifs is 1. The lowest BCUT2D eigenvalue weighted by molar-refractivity contribution is -0.141. The minimum Gasteiger partial charge on any atom is -0.482 e. The molecule has 0 saturated heterocycles. The van der Waals surface area contributed by atoms with Crippen LogP contribution in [0.2, 0.25) is 0 Å². The monoisotopic (exact) mass is 529 g/mol. The molecule has 0 fully saturated rings. The fourth-order valence-corrected chi connectivity index (χ4v) is 3.45. The average Bonchev–Trinajstić information content (AvgIpc) is 3.37. The number of amides is 3. The van der Waals surface area contributed by atoms with Crippen LogP contribution in [0.1, 0.15) is 29.8 Å². The molecule has 0 aliphatic carbocycles. The van der Waals surface area contributed by atoms with Gasteiger partial charge in [-0.15, -0.1) is 0 Å². The quantitative estimate of drug-likeness (QED) is 0.383. The smallest absolute Gasteiger partial charge is 0.433 e. The Labute approximate surface area is 214 Å². The number of anilines is 1. The van der Waals surface area contributed by atoms with E-state index in [2.05, 4.69) is 31.0 Å². The van der Waals surface area contributed by atoms with Crippen molar-refractivity contribution in [3.8, 4) is 5.75 Å². The van der Waals surface area contributed by atoms with Gasteiger partial charge in [0.1, 0.15) is 17.5 Å². The summed E-state index contributed by atoms with van der Waals surface area (Å²) in [5.41, 5.74) is 0.625. The van der Waals surface area contributed by atoms with Crippen LogP contribution in [0.4, 0.5) is 24.7 Å². The highest BCUT2D eigenvalue weighted by Crippen LogP contribution is 2.28. The third kappa shape index (κ3) is 6.52. The van der Waals surface area contributed by atoms with Gasteiger partial charge in [0.25, 0.3) is 11.8 Å². The first-order valence-corrected chi connectivity index (χ1v) is 11.3. The molecule has 1 unspecified atom stereocenters. The Balaban J connectivity index is 1.30. The Hall–Kier alpha value is -4.75. The molecule has 38 heavy (non-hydrogen) atoms. The molecule has 0 radical (unpaired) electrons. The van der Waals surface area contributed by atoms with Crippen LogP contribution in [0, 0.1) is 0 Å². The number of alkyl halides is 3. The van der Waals surface area contributed by atoms with Crippen molar-refractivity contribution in [2.75, 3.05) is 11.9 Å². The van der Waals surface area contributed by atoms with Crippen LogP contribution >= 0.6 is 0 Å². The highest BCUT2D eigenvalue weighted by Gasteiger charge is 2.32. The summed E-state index contributed by atoms with van der Waals surface area (Å²) in [4.78, 5) is 43.8. The third-order valence-corrected chi connectivity index (χ3v) is 5.44. The van der Waals surface area contributed by atoms with Crippen LogP contribution in [-0.4, -0.2) is 45.3 Å². The predicted octanol–water partition coefficient (Wildman–Crippen LogP) is 2.52. The van der Waals surface area contributed by atoms with Gasteiger partial charge in [0.05, 0.1) is 18.1 Å². The number of nitrogens with zero attached hydrogens (tertiary/aromatic N) is 4. The van der Waals surface area contributed by atoms with E-state index in [0.717, 1.165) is 24.0 Å². The number of carbonyl (C=O) groups is 3. The summed E-state index contributed by atoms with van der Waals surface area (Å²) in [7, 11) is 0. The average molecular weight is 529 g/mol. The second-order valence-electron chi connectivity index (χ2n) is 8.22. The van der Waals surface area contributed by atoms with Gasteiger partial charge >= 0.3 is 6.18 Å². The lowest BCUT2D eigenvalue weighted by Crippen LogP contribution is -2.31. The third-order valence-electron chi connectivity index (χ3n) is 5.44. The van der Waals surface area contributed by atoms with Crippen molar-refractivity contribution < 1.29 is 32.3 Å². The molecule has 198 valence electrons. The number of nitrogens with one attached hydrogen (secondary N) is 3. The van der Waals surface area contributed by atoms with Crippen LogP contribution in [0.15, 0.2) is 53.8 Å². The summed E-state index contributed by atoms with van der Waals surface area (Å²) in [6.07, 6.45) is -1.03. The van der Waals surface area contributed by atoms with Crippen LogP contribution in [0.5, 0.6) is 5.75 Å². The second kappa shape index (κ2) is 11.1. The normalized spacial score (nSPS) is 13.8. The van der Waals surface area contributed by atoms with E-state index in [4.69, 9.17) is 4.74 Å². The molecule has 1 aromatic carbocycles. The molecule has 0 saturated carbocycles. The highest BCUT2D eigenvalue weighted by molar-refractivity contribution is 6.26. The van der Waals surface area contributed by atoms with Crippen LogP contribution < -0.4 is 20.7 Å². The van der Waals surface area contributed by atoms with Gasteiger partial charge in [-0.25, -0.2) is 9.67 Å². The van der Waals surface area contributed by atoms with E-state index in [-0.39, 0.29) is 31.4 Å². The topological polar surface area (TPSA) is 140 Å². The van der Waals surface area contributed by atoms with E-state index in [1.807, 2.05) is 0 Å². The van der Waals surface area contributed by atoms with Crippen molar-refractivity contribution in [3.63, 3.8) is 0 Å². The molecule has 4 rings (SSSR count). The number of aliphatic imine (C=N–C) groups is 1. The predicted molar refractivity (Wildman–Crippen MR) is 129 cm³/mol. The first-order chi connectivity index (χ1) is 18.1. The SMILES string of the molecule is CC(C(=O)NCc1ccc(C(F)(F)F)nc1)n1nccc1N=CC(=O)NCc1ccc2c(c1)NC(=O)CO2. The first-order valence-electron chi connectivity index (χ1n) is 11.3. The molecule has 11 nitrogen and oxygen atoms in total. The molecule has 3 N–H and O–H groups in total. The molecule has 1 aliphatic heterocycles. The Morgan fingerprint density at radius 1 is 1.18 bits per heavy atom. The molecular formula is C24H22F3N7O4. The molecular weight excluding hydrogens is 507 g/mol. The van der Waals surface area contributed by atoms with Crippen molar-refractivity contribution >= 4 is 35.4 Å². The minimum atomic E-state index is -4.54. The summed E-state index contributed by atoms with van der Waals surface area (Å²) in [5, 5.41) is 12.1. The fraction of sp³-hybridized carbons (Fsp3) is 0.250. The standard InChI is InChI=1S/C24H22F3N7O4/c1-14(23(37)31-11-16-3-5-19(28-10-16)24(25,26)27)34-20(6-7-32-34)29-12-21(35)30-9-15-2-4-18-17(8-15)33-22(36)13-38-18/h2-8,10,12,14H,9,11,13H2,1H3,(H,30,35)(H,31,37)(H,33,36). The fourth-order valence-electron chi connectivity index (χ4n) is 3.45. The van der Waals surface area contributed by atoms with Crippen molar-refractivity contribution in [3.05, 3.63) is 65.6 Å². The van der Waals surface area contributed by atoms with E-state index in [1.54, 1.807) is 25.1 Å². The van der Waals surface area contributed by atoms with Gasteiger partial charge < -0.3 is 20.7 Å². The van der Waals surface area contributed by atoms with E-state index >= 15 is 0 Å². The molecule has 3 aromatic rings. The lowest BCUT2D eigenvalue weighted by Gasteiger charge is -2.18. The zero-order chi connectivity index (χ0) is 27.3. The van der Waals surface area contributed by atoms with E-state index in [9.17, 15) is 27.6 Å². The number of benzene rings is 1. The van der Waals surface area contributed by atoms with E-state index in [0.29, 0.717) is 17.0 Å². The number of hydrogen-bond acceptors (Lipinski definition) is 7. The summed E-state index contributed by atoms with van der Waals surface area (Å²) >= 11 is 0. The number of ether oxygens (including phenoxy) is 1. The largest absolute Gasteiger partial charge is 0.482 e. The van der Waals surface area contributed by atoms with Crippen molar-refractivity contribution in [1.29, 1.82) is 0 Å². The molecule has 3 heterocycles. The van der Waals surface area contributed by atoms with Gasteiger partial charge in [-0.1, -0.05) is 12.1 Å². The Kier molecular flexibility index (Phi) is 7.69. The molecule has 1 aliphatic rings. The number of pyridine rings is 1. The second-order valence-corrected chi connectivity index (χ2v) is 8.22. The van der Waals surface area contributed by atoms with E-state index < -0.39 is 29.7 Å². The van der Waals surface area contributed by atoms with Crippen molar-refractivity contribution in [2.45, 2.75) is 32.2 Å². The molecule has 0 bridgehead atoms. The first kappa shape index (κ1) is 26.3. The number of halogens is 3. The number of hydrogen-bond donors (Lipinski definition) is 3. The maximum absolute atomic E-state index is 12.6. The zero-order valence-corrected chi connectivity index (χ0v) is 20.0. The maximum atomic E-state index is 12.6. The number of rotatable bonds is 8. The maximum Gasteiger partial charge on any atom is 0.433 e. The molecule has 1 atom stereocenters. The summed E-state index contributed by atoms with van der Waals surface area (Å²) < 4.78 is 44.5. The Bertz CT molecular complexity index is 1370. The summed E-state index contributed by atoms with van der Waals surface area (Å²) in [6, 6.07) is 7.91. The van der Waals surface area contributed by atoms with Gasteiger partial charge in [0, 0.05) is 25.4 Å². The van der Waals surface area contributed by atoms with Gasteiger partial charge in [0.15, 0.2) is 12.4 Å². The highest BCUT2D eigenvalue weighted by atomic mass is 19.4. The van der Waals surface area contributed by atoms with Crippen molar-refractivity contribution in [1.82, 2.24) is 25.4 Å². The molecule has 3 amide bonds. The Morgan fingerprint density at radius 3 is 2.68 bits per heavy atom. The van der Waals surface area contributed by atoms with Crippen LogP contribution in [0.3, 0.4) is 0 Å². The zero-order valence-electron chi connectivity index (χ0n) is 20.0. The van der Waals surface area contributed by atoms with Gasteiger partial charge in [-0.3, -0.25) is 19.4 Å². The van der Waals surface area contributed by atoms with Gasteiger partial charge in [-0.05, 0) is 36.2 Å². The minimum absolute atomic E-state index is 0.0327. The molecule has 2 aromatic heterocycles. The summed E-state index contributed by atoms with van der Waals surface area (Å²) in [5.74, 6) is -0.432. The molecule has 0 spiro atoms. The summed E-state index contributed by atoms with van der Waals surface area (Å²) in [6.45, 7) is 1.65. The Morgan fingerprint density at radius 2 is 1.95 bits per heavy atom. The van der Waals surface area contributed by atoms with Crippen LogP contribution in [-0.2, 0) is 33.6 Å². The van der Waals surface area contributed by atoms with Crippen LogP contribution in [0.25, 0.3) is 0 Å². The molecule has 14 heteroatoms. The van der Waals surface area contributed by atoms with Crippen molar-refractivity contribution in [2.24, 2.45) is 4.99 Å². The number of carbonyl (C=O) groups excluding carboxylic acids is 3. The number of aromatic nitrogens is 3.